The van der Waals surface area contributed by atoms with Crippen LogP contribution in [-0.2, 0) is 29.1 Å². The average Bonchev–Trinajstić information content (AvgIpc) is 2.44. The van der Waals surface area contributed by atoms with Crippen LogP contribution in [0.1, 0.15) is 6.92 Å². The summed E-state index contributed by atoms with van der Waals surface area (Å²) in [6, 6.07) is -0.828. The van der Waals surface area contributed by atoms with Gasteiger partial charge in [-0.25, -0.2) is 11.3 Å². The van der Waals surface area contributed by atoms with Crippen LogP contribution in [0, 0.1) is 6.54 Å². The molecule has 1 atom stereocenters. The van der Waals surface area contributed by atoms with Crippen LogP contribution in [0.25, 0.3) is 0 Å². The van der Waals surface area contributed by atoms with Crippen molar-refractivity contribution in [1.29, 1.82) is 0 Å². The first-order chi connectivity index (χ1) is 6.52. The summed E-state index contributed by atoms with van der Waals surface area (Å²) >= 11 is 0. The third kappa shape index (κ3) is 3.51. The van der Waals surface area contributed by atoms with E-state index in [1.165, 1.54) is 18.9 Å². The number of nitrogens with one attached hydrogen (secondary N) is 2. The average molecular weight is 301 g/mol. The van der Waals surface area contributed by atoms with E-state index in [2.05, 4.69) is 10.6 Å². The number of nitrogens with zero attached hydrogens (tertiary/aromatic N) is 1. The zero-order valence-electron chi connectivity index (χ0n) is 8.37. The maximum absolute atomic E-state index is 11.4. The first-order valence-electron chi connectivity index (χ1n) is 4.17. The minimum Gasteiger partial charge on any atom is -0.482 e. The van der Waals surface area contributed by atoms with Crippen LogP contribution in [0.2, 0.25) is 0 Å². The fourth-order valence-electron chi connectivity index (χ4n) is 1.12. The van der Waals surface area contributed by atoms with E-state index in [4.69, 9.17) is 0 Å². The Balaban J connectivity index is 0.00000196. The first-order valence-corrected chi connectivity index (χ1v) is 4.17. The Morgan fingerprint density at radius 1 is 1.60 bits per heavy atom. The zero-order valence-corrected chi connectivity index (χ0v) is 10.0. The SMILES string of the molecule is CC(=O)[CH-]NC(=O)C1CNC(=O)N1C.[Rh]. The minimum absolute atomic E-state index is 0. The van der Waals surface area contributed by atoms with E-state index in [0.717, 1.165) is 6.54 Å². The smallest absolute Gasteiger partial charge is 0.317 e. The van der Waals surface area contributed by atoms with Gasteiger partial charge in [-0.3, -0.25) is 4.79 Å². The van der Waals surface area contributed by atoms with Crippen LogP contribution in [-0.4, -0.2) is 42.3 Å². The van der Waals surface area contributed by atoms with Crippen LogP contribution >= 0.6 is 0 Å². The molecule has 0 saturated carbocycles. The number of hydrogen-bond acceptors (Lipinski definition) is 3. The van der Waals surface area contributed by atoms with Crippen molar-refractivity contribution < 1.29 is 33.9 Å². The quantitative estimate of drug-likeness (QED) is 0.512. The number of hydrogen-bond donors (Lipinski definition) is 2. The van der Waals surface area contributed by atoms with E-state index in [1.54, 1.807) is 0 Å². The molecule has 0 aromatic carbocycles. The molecule has 1 unspecified atom stereocenters. The molecule has 0 aromatic rings. The van der Waals surface area contributed by atoms with Gasteiger partial charge in [0.2, 0.25) is 5.91 Å². The Bertz CT molecular complexity index is 282. The third-order valence-electron chi connectivity index (χ3n) is 1.95. The van der Waals surface area contributed by atoms with Crippen molar-refractivity contribution >= 4 is 17.7 Å². The summed E-state index contributed by atoms with van der Waals surface area (Å²) < 4.78 is 0. The van der Waals surface area contributed by atoms with E-state index in [-0.39, 0.29) is 43.7 Å². The van der Waals surface area contributed by atoms with Gasteiger partial charge in [-0.05, 0) is 6.92 Å². The molecule has 0 aliphatic carbocycles. The Hall–Kier alpha value is -1.10. The van der Waals surface area contributed by atoms with Gasteiger partial charge in [-0.1, -0.05) is 0 Å². The molecule has 15 heavy (non-hydrogen) atoms. The molecular weight excluding hydrogens is 289 g/mol. The molecule has 1 aliphatic rings. The Labute approximate surface area is 101 Å². The standard InChI is InChI=1S/C8H12N3O3.Rh/c1-5(12)3-9-7(13)6-4-10-8(14)11(6)2;/h3,6H,4H2,1-2H3,(H,9,13)(H,10,14);/q-1;. The molecule has 7 heteroatoms. The van der Waals surface area contributed by atoms with Gasteiger partial charge in [0.1, 0.15) is 6.04 Å². The molecule has 0 spiro atoms. The number of ketones is 1. The molecule has 6 nitrogen and oxygen atoms in total. The van der Waals surface area contributed by atoms with E-state index in [1.807, 2.05) is 0 Å². The van der Waals surface area contributed by atoms with Gasteiger partial charge in [0.25, 0.3) is 0 Å². The van der Waals surface area contributed by atoms with Crippen LogP contribution < -0.4 is 10.6 Å². The van der Waals surface area contributed by atoms with Crippen molar-refractivity contribution in [2.45, 2.75) is 13.0 Å². The van der Waals surface area contributed by atoms with Crippen molar-refractivity contribution in [2.75, 3.05) is 13.6 Å². The van der Waals surface area contributed by atoms with E-state index < -0.39 is 6.04 Å². The van der Waals surface area contributed by atoms with Crippen molar-refractivity contribution in [3.8, 4) is 0 Å². The second-order valence-corrected chi connectivity index (χ2v) is 3.08. The second kappa shape index (κ2) is 5.70. The van der Waals surface area contributed by atoms with Crippen LogP contribution in [0.3, 0.4) is 0 Å². The number of Topliss-reactive ketones (excluding diaryl/α,β-unsaturated/α-hetero) is 1. The van der Waals surface area contributed by atoms with Gasteiger partial charge >= 0.3 is 6.03 Å². The summed E-state index contributed by atoms with van der Waals surface area (Å²) in [7, 11) is 1.53. The topological polar surface area (TPSA) is 78.5 Å². The number of amides is 3. The number of urea groups is 1. The molecule has 1 aliphatic heterocycles. The summed E-state index contributed by atoms with van der Waals surface area (Å²) in [6.07, 6.45) is 0. The van der Waals surface area contributed by atoms with Crippen LogP contribution in [0.5, 0.6) is 0 Å². The van der Waals surface area contributed by atoms with E-state index >= 15 is 0 Å². The molecule has 0 bridgehead atoms. The summed E-state index contributed by atoms with van der Waals surface area (Å²) in [5, 5.41) is 4.84. The number of carbonyl (C=O) groups is 3. The predicted octanol–water partition coefficient (Wildman–Crippen LogP) is -1.13. The Morgan fingerprint density at radius 2 is 2.20 bits per heavy atom. The molecule has 1 heterocycles. The molecule has 1 fully saturated rings. The number of rotatable bonds is 3. The van der Waals surface area contributed by atoms with Crippen LogP contribution in [0.15, 0.2) is 0 Å². The molecule has 1 saturated heterocycles. The van der Waals surface area contributed by atoms with Crippen LogP contribution in [0.4, 0.5) is 4.79 Å². The summed E-state index contributed by atoms with van der Waals surface area (Å²) in [5.74, 6) is -0.598. The maximum Gasteiger partial charge on any atom is 0.317 e. The number of carbonyl (C=O) groups excluding carboxylic acids is 3. The van der Waals surface area contributed by atoms with Gasteiger partial charge in [-0.15, -0.1) is 0 Å². The van der Waals surface area contributed by atoms with Crippen molar-refractivity contribution in [1.82, 2.24) is 15.5 Å². The van der Waals surface area contributed by atoms with Gasteiger partial charge in [0, 0.05) is 38.9 Å². The van der Waals surface area contributed by atoms with Gasteiger partial charge < -0.3 is 20.3 Å². The molecule has 1 radical (unpaired) electrons. The summed E-state index contributed by atoms with van der Waals surface area (Å²) in [4.78, 5) is 34.2. The Kier molecular flexibility index (Phi) is 5.29. The zero-order chi connectivity index (χ0) is 10.7. The van der Waals surface area contributed by atoms with Crippen molar-refractivity contribution in [3.05, 3.63) is 6.54 Å². The fraction of sp³-hybridized carbons (Fsp3) is 0.500. The molecule has 87 valence electrons. The molecule has 0 aromatic heterocycles. The summed E-state index contributed by atoms with van der Waals surface area (Å²) in [6.45, 7) is 2.69. The predicted molar refractivity (Wildman–Crippen MR) is 48.1 cm³/mol. The molecule has 1 rings (SSSR count). The van der Waals surface area contributed by atoms with E-state index in [9.17, 15) is 14.4 Å². The van der Waals surface area contributed by atoms with Gasteiger partial charge in [0.15, 0.2) is 0 Å². The van der Waals surface area contributed by atoms with E-state index in [0.29, 0.717) is 0 Å². The molecule has 3 amide bonds. The Morgan fingerprint density at radius 3 is 2.60 bits per heavy atom. The summed E-state index contributed by atoms with van der Waals surface area (Å²) in [5.41, 5.74) is 0. The fourth-order valence-corrected chi connectivity index (χ4v) is 1.12. The number of likely N-dealkylation sites (N-methyl/N-ethyl adjacent to an activating group) is 1. The van der Waals surface area contributed by atoms with Gasteiger partial charge in [-0.2, -0.15) is 0 Å². The third-order valence-corrected chi connectivity index (χ3v) is 1.95. The molecular formula is C8H12N3O3Rh-. The second-order valence-electron chi connectivity index (χ2n) is 3.08. The van der Waals surface area contributed by atoms with Gasteiger partial charge in [0.05, 0.1) is 0 Å². The van der Waals surface area contributed by atoms with Crippen molar-refractivity contribution in [3.63, 3.8) is 0 Å². The maximum atomic E-state index is 11.4. The monoisotopic (exact) mass is 301 g/mol. The minimum atomic E-state index is -0.543. The largest absolute Gasteiger partial charge is 0.482 e. The van der Waals surface area contributed by atoms with Crippen molar-refractivity contribution in [2.24, 2.45) is 0 Å². The normalized spacial score (nSPS) is 18.9. The molecule has 2 N–H and O–H groups in total. The first kappa shape index (κ1) is 13.9.